The predicted molar refractivity (Wildman–Crippen MR) is 65.4 cm³/mol. The van der Waals surface area contributed by atoms with Crippen LogP contribution in [0, 0.1) is 0 Å². The van der Waals surface area contributed by atoms with E-state index in [1.165, 1.54) is 31.5 Å². The van der Waals surface area contributed by atoms with Crippen molar-refractivity contribution in [3.63, 3.8) is 0 Å². The van der Waals surface area contributed by atoms with Gasteiger partial charge >= 0.3 is 0 Å². The summed E-state index contributed by atoms with van der Waals surface area (Å²) in [6.07, 6.45) is 7.74. The Kier molecular flexibility index (Phi) is 3.96. The summed E-state index contributed by atoms with van der Waals surface area (Å²) < 4.78 is 1.87. The van der Waals surface area contributed by atoms with Gasteiger partial charge in [-0.05, 0) is 45.0 Å². The molecule has 1 saturated heterocycles. The van der Waals surface area contributed by atoms with Crippen LogP contribution in [-0.4, -0.2) is 47.4 Å². The summed E-state index contributed by atoms with van der Waals surface area (Å²) in [6, 6.07) is 0.762. The number of aromatic nitrogens is 2. The van der Waals surface area contributed by atoms with Crippen LogP contribution in [0.3, 0.4) is 0 Å². The molecule has 90 valence electrons. The Labute approximate surface area is 97.6 Å². The van der Waals surface area contributed by atoms with Gasteiger partial charge in [-0.1, -0.05) is 0 Å². The molecule has 0 radical (unpaired) electrons. The van der Waals surface area contributed by atoms with E-state index in [1.54, 1.807) is 0 Å². The van der Waals surface area contributed by atoms with Gasteiger partial charge in [0.15, 0.2) is 0 Å². The first-order valence-corrected chi connectivity index (χ1v) is 6.14. The lowest BCUT2D eigenvalue weighted by atomic mass is 10.0. The van der Waals surface area contributed by atoms with Crippen LogP contribution in [0.15, 0.2) is 12.4 Å². The fraction of sp³-hybridized carbons (Fsp3) is 0.750. The molecule has 2 rings (SSSR count). The van der Waals surface area contributed by atoms with Crippen LogP contribution in [0.5, 0.6) is 0 Å². The van der Waals surface area contributed by atoms with Crippen molar-refractivity contribution in [3.8, 4) is 0 Å². The first-order valence-electron chi connectivity index (χ1n) is 6.14. The van der Waals surface area contributed by atoms with E-state index in [-0.39, 0.29) is 0 Å². The van der Waals surface area contributed by atoms with Crippen molar-refractivity contribution in [2.75, 3.05) is 26.7 Å². The van der Waals surface area contributed by atoms with Crippen molar-refractivity contribution in [2.24, 2.45) is 7.05 Å². The molecule has 0 unspecified atom stereocenters. The first-order chi connectivity index (χ1) is 7.75. The third kappa shape index (κ3) is 3.06. The minimum Gasteiger partial charge on any atom is -0.317 e. The number of hydrogen-bond acceptors (Lipinski definition) is 3. The fourth-order valence-corrected chi connectivity index (χ4v) is 2.34. The van der Waals surface area contributed by atoms with E-state index in [9.17, 15) is 0 Å². The molecule has 1 aliphatic heterocycles. The van der Waals surface area contributed by atoms with Crippen molar-refractivity contribution in [2.45, 2.75) is 25.3 Å². The molecule has 0 aliphatic carbocycles. The molecule has 4 nitrogen and oxygen atoms in total. The van der Waals surface area contributed by atoms with Gasteiger partial charge in [-0.25, -0.2) is 0 Å². The van der Waals surface area contributed by atoms with Gasteiger partial charge in [-0.3, -0.25) is 4.68 Å². The molecule has 1 fully saturated rings. The lowest BCUT2D eigenvalue weighted by Gasteiger charge is -2.31. The van der Waals surface area contributed by atoms with Crippen LogP contribution < -0.4 is 5.32 Å². The Morgan fingerprint density at radius 1 is 1.50 bits per heavy atom. The SMILES string of the molecule is CN(CCc1cnn(C)c1)C1CCNCC1. The minimum atomic E-state index is 0.762. The molecule has 1 N–H and O–H groups in total. The van der Waals surface area contributed by atoms with Crippen LogP contribution >= 0.6 is 0 Å². The molecule has 1 aromatic heterocycles. The van der Waals surface area contributed by atoms with E-state index in [4.69, 9.17) is 0 Å². The summed E-state index contributed by atoms with van der Waals surface area (Å²) in [4.78, 5) is 2.49. The van der Waals surface area contributed by atoms with Crippen molar-refractivity contribution in [1.82, 2.24) is 20.0 Å². The van der Waals surface area contributed by atoms with Crippen LogP contribution in [-0.2, 0) is 13.5 Å². The van der Waals surface area contributed by atoms with Crippen molar-refractivity contribution >= 4 is 0 Å². The van der Waals surface area contributed by atoms with E-state index < -0.39 is 0 Å². The van der Waals surface area contributed by atoms with Gasteiger partial charge < -0.3 is 10.2 Å². The van der Waals surface area contributed by atoms with Crippen LogP contribution in [0.1, 0.15) is 18.4 Å². The third-order valence-electron chi connectivity index (χ3n) is 3.44. The summed E-state index contributed by atoms with van der Waals surface area (Å²) in [7, 11) is 4.21. The topological polar surface area (TPSA) is 33.1 Å². The second-order valence-corrected chi connectivity index (χ2v) is 4.73. The zero-order valence-corrected chi connectivity index (χ0v) is 10.3. The van der Waals surface area contributed by atoms with E-state index in [2.05, 4.69) is 28.6 Å². The van der Waals surface area contributed by atoms with Gasteiger partial charge in [-0.15, -0.1) is 0 Å². The maximum Gasteiger partial charge on any atom is 0.0522 e. The molecule has 1 aromatic rings. The molecule has 16 heavy (non-hydrogen) atoms. The number of nitrogens with one attached hydrogen (secondary N) is 1. The summed E-state index contributed by atoms with van der Waals surface area (Å²) in [5.74, 6) is 0. The average Bonchev–Trinajstić information content (AvgIpc) is 2.73. The number of hydrogen-bond donors (Lipinski definition) is 1. The second kappa shape index (κ2) is 5.46. The molecular formula is C12H22N4. The highest BCUT2D eigenvalue weighted by atomic mass is 15.2. The molecule has 1 aliphatic rings. The van der Waals surface area contributed by atoms with Crippen molar-refractivity contribution < 1.29 is 0 Å². The zero-order chi connectivity index (χ0) is 11.4. The van der Waals surface area contributed by atoms with Gasteiger partial charge in [0.1, 0.15) is 0 Å². The highest BCUT2D eigenvalue weighted by Crippen LogP contribution is 2.10. The van der Waals surface area contributed by atoms with Gasteiger partial charge in [0.25, 0.3) is 0 Å². The molecule has 0 atom stereocenters. The van der Waals surface area contributed by atoms with Gasteiger partial charge in [-0.2, -0.15) is 5.10 Å². The Hall–Kier alpha value is -0.870. The van der Waals surface area contributed by atoms with Crippen molar-refractivity contribution in [1.29, 1.82) is 0 Å². The number of nitrogens with zero attached hydrogens (tertiary/aromatic N) is 3. The summed E-state index contributed by atoms with van der Waals surface area (Å²) in [5, 5.41) is 7.60. The zero-order valence-electron chi connectivity index (χ0n) is 10.3. The molecule has 0 bridgehead atoms. The van der Waals surface area contributed by atoms with E-state index in [1.807, 2.05) is 17.9 Å². The van der Waals surface area contributed by atoms with Crippen molar-refractivity contribution in [3.05, 3.63) is 18.0 Å². The normalized spacial score (nSPS) is 18.2. The van der Waals surface area contributed by atoms with E-state index >= 15 is 0 Å². The first kappa shape index (κ1) is 11.6. The molecule has 0 aromatic carbocycles. The summed E-state index contributed by atoms with van der Waals surface area (Å²) in [6.45, 7) is 3.47. The van der Waals surface area contributed by atoms with Crippen LogP contribution in [0.25, 0.3) is 0 Å². The highest BCUT2D eigenvalue weighted by molar-refractivity contribution is 5.04. The largest absolute Gasteiger partial charge is 0.317 e. The molecule has 4 heteroatoms. The quantitative estimate of drug-likeness (QED) is 0.812. The molecule has 0 amide bonds. The monoisotopic (exact) mass is 222 g/mol. The van der Waals surface area contributed by atoms with E-state index in [0.29, 0.717) is 0 Å². The number of aryl methyl sites for hydroxylation is 1. The molecule has 0 spiro atoms. The number of likely N-dealkylation sites (N-methyl/N-ethyl adjacent to an activating group) is 1. The van der Waals surface area contributed by atoms with E-state index in [0.717, 1.165) is 19.0 Å². The van der Waals surface area contributed by atoms with Gasteiger partial charge in [0.05, 0.1) is 6.20 Å². The van der Waals surface area contributed by atoms with Gasteiger partial charge in [0.2, 0.25) is 0 Å². The Bertz CT molecular complexity index is 315. The number of rotatable bonds is 4. The Morgan fingerprint density at radius 2 is 2.25 bits per heavy atom. The molecule has 0 saturated carbocycles. The fourth-order valence-electron chi connectivity index (χ4n) is 2.34. The predicted octanol–water partition coefficient (Wildman–Crippen LogP) is 0.646. The van der Waals surface area contributed by atoms with Gasteiger partial charge in [0, 0.05) is 25.8 Å². The lowest BCUT2D eigenvalue weighted by molar-refractivity contribution is 0.201. The summed E-state index contributed by atoms with van der Waals surface area (Å²) >= 11 is 0. The standard InChI is InChI=1S/C12H22N4/c1-15(12-3-6-13-7-4-12)8-5-11-9-14-16(2)10-11/h9-10,12-13H,3-8H2,1-2H3. The molecular weight excluding hydrogens is 200 g/mol. The summed E-state index contributed by atoms with van der Waals surface area (Å²) in [5.41, 5.74) is 1.34. The lowest BCUT2D eigenvalue weighted by Crippen LogP contribution is -2.41. The Balaban J connectivity index is 1.76. The number of piperidine rings is 1. The smallest absolute Gasteiger partial charge is 0.0522 e. The second-order valence-electron chi connectivity index (χ2n) is 4.73. The average molecular weight is 222 g/mol. The minimum absolute atomic E-state index is 0.762. The highest BCUT2D eigenvalue weighted by Gasteiger charge is 2.17. The maximum atomic E-state index is 4.20. The molecule has 2 heterocycles. The van der Waals surface area contributed by atoms with Crippen LogP contribution in [0.2, 0.25) is 0 Å². The van der Waals surface area contributed by atoms with Crippen LogP contribution in [0.4, 0.5) is 0 Å². The third-order valence-corrected chi connectivity index (χ3v) is 3.44. The Morgan fingerprint density at radius 3 is 2.88 bits per heavy atom. The maximum absolute atomic E-state index is 4.20.